The molecule has 2 heterocycles. The summed E-state index contributed by atoms with van der Waals surface area (Å²) in [7, 11) is -3.42. The van der Waals surface area contributed by atoms with Crippen molar-refractivity contribution in [2.24, 2.45) is 17.6 Å². The zero-order chi connectivity index (χ0) is 13.5. The molecule has 2 N–H and O–H groups in total. The zero-order valence-corrected chi connectivity index (χ0v) is 11.6. The molecule has 1 saturated carbocycles. The molecule has 5 nitrogen and oxygen atoms in total. The predicted molar refractivity (Wildman–Crippen MR) is 71.7 cm³/mol. The number of hydrogen-bond acceptors (Lipinski definition) is 4. The van der Waals surface area contributed by atoms with Crippen molar-refractivity contribution in [2.45, 2.75) is 30.8 Å². The molecule has 2 aliphatic rings. The van der Waals surface area contributed by atoms with Crippen molar-refractivity contribution in [3.8, 4) is 0 Å². The lowest BCUT2D eigenvalue weighted by Crippen LogP contribution is -2.30. The Morgan fingerprint density at radius 1 is 1.26 bits per heavy atom. The Morgan fingerprint density at radius 2 is 1.95 bits per heavy atom. The third kappa shape index (κ3) is 2.28. The van der Waals surface area contributed by atoms with Gasteiger partial charge in [-0.25, -0.2) is 13.4 Å². The third-order valence-electron chi connectivity index (χ3n) is 4.33. The van der Waals surface area contributed by atoms with Gasteiger partial charge in [0.25, 0.3) is 10.0 Å². The van der Waals surface area contributed by atoms with Crippen LogP contribution in [0.5, 0.6) is 0 Å². The number of hydrogen-bond donors (Lipinski definition) is 1. The topological polar surface area (TPSA) is 76.3 Å². The molecule has 1 aliphatic carbocycles. The van der Waals surface area contributed by atoms with Crippen LogP contribution in [0.25, 0.3) is 0 Å². The summed E-state index contributed by atoms with van der Waals surface area (Å²) in [5, 5.41) is 0.143. The van der Waals surface area contributed by atoms with Gasteiger partial charge in [-0.15, -0.1) is 0 Å². The van der Waals surface area contributed by atoms with E-state index in [4.69, 9.17) is 5.73 Å². The van der Waals surface area contributed by atoms with Crippen LogP contribution < -0.4 is 5.73 Å². The van der Waals surface area contributed by atoms with Crippen molar-refractivity contribution in [1.82, 2.24) is 9.29 Å². The first-order chi connectivity index (χ1) is 9.11. The van der Waals surface area contributed by atoms with Crippen molar-refractivity contribution < 1.29 is 8.42 Å². The average molecular weight is 281 g/mol. The average Bonchev–Trinajstić information content (AvgIpc) is 2.99. The summed E-state index contributed by atoms with van der Waals surface area (Å²) in [6.07, 6.45) is 5.11. The molecule has 2 atom stereocenters. The molecule has 1 aromatic rings. The van der Waals surface area contributed by atoms with Crippen LogP contribution in [0, 0.1) is 11.8 Å². The second kappa shape index (κ2) is 4.85. The summed E-state index contributed by atoms with van der Waals surface area (Å²) >= 11 is 0. The van der Waals surface area contributed by atoms with Crippen molar-refractivity contribution in [2.75, 3.05) is 13.1 Å². The predicted octanol–water partition coefficient (Wildman–Crippen LogP) is 0.961. The zero-order valence-electron chi connectivity index (χ0n) is 10.8. The van der Waals surface area contributed by atoms with Gasteiger partial charge in [0.05, 0.1) is 0 Å². The number of sulfonamides is 1. The fourth-order valence-corrected chi connectivity index (χ4v) is 4.67. The van der Waals surface area contributed by atoms with Gasteiger partial charge in [-0.2, -0.15) is 4.31 Å². The Labute approximate surface area is 113 Å². The molecule has 2 unspecified atom stereocenters. The molecular formula is C13H19N3O2S. The highest BCUT2D eigenvalue weighted by molar-refractivity contribution is 7.89. The molecule has 104 valence electrons. The highest BCUT2D eigenvalue weighted by Gasteiger charge is 2.41. The quantitative estimate of drug-likeness (QED) is 0.895. The van der Waals surface area contributed by atoms with Gasteiger partial charge in [-0.05, 0) is 36.3 Å². The minimum absolute atomic E-state index is 0.143. The Balaban J connectivity index is 1.82. The maximum atomic E-state index is 12.5. The molecule has 2 fully saturated rings. The van der Waals surface area contributed by atoms with Crippen LogP contribution in [0.1, 0.15) is 24.8 Å². The Kier molecular flexibility index (Phi) is 3.32. The van der Waals surface area contributed by atoms with Crippen molar-refractivity contribution in [3.63, 3.8) is 0 Å². The van der Waals surface area contributed by atoms with Gasteiger partial charge < -0.3 is 5.73 Å². The van der Waals surface area contributed by atoms with Gasteiger partial charge in [-0.3, -0.25) is 0 Å². The van der Waals surface area contributed by atoms with E-state index in [1.165, 1.54) is 6.42 Å². The first-order valence-electron chi connectivity index (χ1n) is 6.76. The van der Waals surface area contributed by atoms with Gasteiger partial charge in [0, 0.05) is 25.8 Å². The summed E-state index contributed by atoms with van der Waals surface area (Å²) in [6, 6.07) is 3.29. The molecule has 0 bridgehead atoms. The van der Waals surface area contributed by atoms with Crippen LogP contribution in [0.3, 0.4) is 0 Å². The summed E-state index contributed by atoms with van der Waals surface area (Å²) in [5.41, 5.74) is 6.34. The van der Waals surface area contributed by atoms with E-state index in [0.29, 0.717) is 31.5 Å². The normalized spacial score (nSPS) is 27.6. The lowest BCUT2D eigenvalue weighted by molar-refractivity contribution is 0.443. The van der Waals surface area contributed by atoms with E-state index in [9.17, 15) is 8.42 Å². The van der Waals surface area contributed by atoms with Gasteiger partial charge in [0.2, 0.25) is 0 Å². The third-order valence-corrected chi connectivity index (χ3v) is 6.08. The van der Waals surface area contributed by atoms with Crippen LogP contribution in [-0.4, -0.2) is 30.8 Å². The van der Waals surface area contributed by atoms with E-state index in [-0.39, 0.29) is 5.03 Å². The molecule has 0 aromatic carbocycles. The van der Waals surface area contributed by atoms with Gasteiger partial charge in [-0.1, -0.05) is 12.5 Å². The number of nitrogens with zero attached hydrogens (tertiary/aromatic N) is 2. The van der Waals surface area contributed by atoms with Crippen LogP contribution in [-0.2, 0) is 16.6 Å². The summed E-state index contributed by atoms with van der Waals surface area (Å²) in [6.45, 7) is 1.70. The van der Waals surface area contributed by atoms with Crippen LogP contribution in [0.2, 0.25) is 0 Å². The lowest BCUT2D eigenvalue weighted by Gasteiger charge is -2.16. The second-order valence-corrected chi connectivity index (χ2v) is 7.37. The standard InChI is InChI=1S/C13H19N3O2S/c14-6-10-4-5-13(15-7-10)19(17,18)16-8-11-2-1-3-12(11)9-16/h4-5,7,11-12H,1-3,6,8-9,14H2. The number of rotatable bonds is 3. The van der Waals surface area contributed by atoms with Crippen LogP contribution in [0.4, 0.5) is 0 Å². The fourth-order valence-electron chi connectivity index (χ4n) is 3.20. The molecule has 0 radical (unpaired) electrons. The highest BCUT2D eigenvalue weighted by Crippen LogP contribution is 2.39. The molecular weight excluding hydrogens is 262 g/mol. The van der Waals surface area contributed by atoms with Gasteiger partial charge in [0.1, 0.15) is 0 Å². The second-order valence-electron chi connectivity index (χ2n) is 5.48. The lowest BCUT2D eigenvalue weighted by atomic mass is 10.0. The highest BCUT2D eigenvalue weighted by atomic mass is 32.2. The summed E-state index contributed by atoms with van der Waals surface area (Å²) in [5.74, 6) is 1.11. The number of pyridine rings is 1. The van der Waals surface area contributed by atoms with E-state index in [1.807, 2.05) is 0 Å². The van der Waals surface area contributed by atoms with Crippen LogP contribution >= 0.6 is 0 Å². The van der Waals surface area contributed by atoms with Crippen molar-refractivity contribution in [1.29, 1.82) is 0 Å². The first-order valence-corrected chi connectivity index (χ1v) is 8.20. The Bertz CT molecular complexity index is 544. The molecule has 6 heteroatoms. The molecule has 1 aromatic heterocycles. The fraction of sp³-hybridized carbons (Fsp3) is 0.615. The summed E-state index contributed by atoms with van der Waals surface area (Å²) < 4.78 is 26.6. The molecule has 0 amide bonds. The number of fused-ring (bicyclic) bond motifs is 1. The largest absolute Gasteiger partial charge is 0.326 e. The molecule has 3 rings (SSSR count). The Hall–Kier alpha value is -0.980. The number of nitrogens with two attached hydrogens (primary N) is 1. The molecule has 1 aliphatic heterocycles. The van der Waals surface area contributed by atoms with E-state index in [2.05, 4.69) is 4.98 Å². The minimum Gasteiger partial charge on any atom is -0.326 e. The summed E-state index contributed by atoms with van der Waals surface area (Å²) in [4.78, 5) is 4.05. The number of aromatic nitrogens is 1. The molecule has 1 saturated heterocycles. The van der Waals surface area contributed by atoms with Crippen LogP contribution in [0.15, 0.2) is 23.4 Å². The van der Waals surface area contributed by atoms with E-state index < -0.39 is 10.0 Å². The van der Waals surface area contributed by atoms with E-state index in [1.54, 1.807) is 22.6 Å². The Morgan fingerprint density at radius 3 is 2.47 bits per heavy atom. The molecule has 0 spiro atoms. The minimum atomic E-state index is -3.42. The van der Waals surface area contributed by atoms with Gasteiger partial charge in [0.15, 0.2) is 5.03 Å². The van der Waals surface area contributed by atoms with Crippen molar-refractivity contribution in [3.05, 3.63) is 23.9 Å². The monoisotopic (exact) mass is 281 g/mol. The smallest absolute Gasteiger partial charge is 0.260 e. The SMILES string of the molecule is NCc1ccc(S(=O)(=O)N2CC3CCCC3C2)nc1. The maximum Gasteiger partial charge on any atom is 0.260 e. The van der Waals surface area contributed by atoms with Gasteiger partial charge >= 0.3 is 0 Å². The van der Waals surface area contributed by atoms with Crippen molar-refractivity contribution >= 4 is 10.0 Å². The first kappa shape index (κ1) is 13.0. The maximum absolute atomic E-state index is 12.5. The van der Waals surface area contributed by atoms with E-state index in [0.717, 1.165) is 18.4 Å². The molecule has 19 heavy (non-hydrogen) atoms. The van der Waals surface area contributed by atoms with E-state index >= 15 is 0 Å².